The Balaban J connectivity index is 2.65. The zero-order valence-electron chi connectivity index (χ0n) is 13.2. The molecule has 0 fully saturated rings. The first-order chi connectivity index (χ1) is 9.60. The van der Waals surface area contributed by atoms with Crippen LogP contribution in [0, 0.1) is 5.92 Å². The molecule has 2 nitrogen and oxygen atoms in total. The van der Waals surface area contributed by atoms with Gasteiger partial charge >= 0.3 is 0 Å². The van der Waals surface area contributed by atoms with Gasteiger partial charge < -0.3 is 10.1 Å². The number of halogens is 1. The zero-order valence-corrected chi connectivity index (χ0v) is 13.9. The lowest BCUT2D eigenvalue weighted by Gasteiger charge is -2.28. The second-order valence-electron chi connectivity index (χ2n) is 5.36. The summed E-state index contributed by atoms with van der Waals surface area (Å²) in [4.78, 5) is 0. The van der Waals surface area contributed by atoms with Gasteiger partial charge in [0.05, 0.1) is 0 Å². The van der Waals surface area contributed by atoms with Crippen molar-refractivity contribution in [3.63, 3.8) is 0 Å². The summed E-state index contributed by atoms with van der Waals surface area (Å²) in [5, 5.41) is 4.28. The van der Waals surface area contributed by atoms with Gasteiger partial charge in [-0.3, -0.25) is 0 Å². The van der Waals surface area contributed by atoms with Gasteiger partial charge in [0.2, 0.25) is 0 Å². The molecule has 1 aromatic carbocycles. The monoisotopic (exact) mass is 297 g/mol. The molecule has 0 aliphatic carbocycles. The smallest absolute Gasteiger partial charge is 0.121 e. The Morgan fingerprint density at radius 2 is 1.90 bits per heavy atom. The number of hydrogen-bond donors (Lipinski definition) is 1. The Labute approximate surface area is 128 Å². The summed E-state index contributed by atoms with van der Waals surface area (Å²) < 4.78 is 6.05. The molecule has 1 rings (SSSR count). The molecule has 0 aliphatic heterocycles. The lowest BCUT2D eigenvalue weighted by molar-refractivity contribution is 0.152. The summed E-state index contributed by atoms with van der Waals surface area (Å²) in [7, 11) is 0. The first kappa shape index (κ1) is 17.3. The van der Waals surface area contributed by atoms with E-state index in [1.165, 1.54) is 12.8 Å². The molecule has 114 valence electrons. The van der Waals surface area contributed by atoms with Crippen molar-refractivity contribution >= 4 is 11.6 Å². The largest absolute Gasteiger partial charge is 0.489 e. The van der Waals surface area contributed by atoms with Gasteiger partial charge in [-0.05, 0) is 44.0 Å². The van der Waals surface area contributed by atoms with E-state index in [0.29, 0.717) is 6.04 Å². The molecule has 0 spiro atoms. The Morgan fingerprint density at radius 1 is 1.20 bits per heavy atom. The first-order valence-electron chi connectivity index (χ1n) is 7.76. The standard InChI is InChI=1S/C17H28ClNO/c1-5-14(6-2)11-17(19-7-3)13(4)20-16-10-8-9-15(18)12-16/h8-10,12-14,17,19H,5-7,11H2,1-4H3. The van der Waals surface area contributed by atoms with Gasteiger partial charge in [-0.25, -0.2) is 0 Å². The van der Waals surface area contributed by atoms with Gasteiger partial charge in [-0.15, -0.1) is 0 Å². The van der Waals surface area contributed by atoms with Crippen LogP contribution < -0.4 is 10.1 Å². The third-order valence-electron chi connectivity index (χ3n) is 3.89. The molecule has 20 heavy (non-hydrogen) atoms. The fourth-order valence-corrected chi connectivity index (χ4v) is 2.70. The van der Waals surface area contributed by atoms with Gasteiger partial charge in [0.25, 0.3) is 0 Å². The minimum absolute atomic E-state index is 0.133. The second-order valence-corrected chi connectivity index (χ2v) is 5.80. The topological polar surface area (TPSA) is 21.3 Å². The molecule has 0 amide bonds. The number of hydrogen-bond acceptors (Lipinski definition) is 2. The van der Waals surface area contributed by atoms with Crippen molar-refractivity contribution in [1.82, 2.24) is 5.32 Å². The van der Waals surface area contributed by atoms with Crippen LogP contribution in [0.15, 0.2) is 24.3 Å². The van der Waals surface area contributed by atoms with Crippen molar-refractivity contribution in [1.29, 1.82) is 0 Å². The van der Waals surface area contributed by atoms with E-state index in [1.807, 2.05) is 24.3 Å². The van der Waals surface area contributed by atoms with Crippen molar-refractivity contribution in [2.45, 2.75) is 59.1 Å². The van der Waals surface area contributed by atoms with Crippen LogP contribution in [0.5, 0.6) is 5.75 Å². The number of benzene rings is 1. The van der Waals surface area contributed by atoms with Crippen LogP contribution in [-0.4, -0.2) is 18.7 Å². The lowest BCUT2D eigenvalue weighted by Crippen LogP contribution is -2.42. The molecule has 1 aromatic rings. The van der Waals surface area contributed by atoms with E-state index in [0.717, 1.165) is 29.7 Å². The molecule has 2 atom stereocenters. The van der Waals surface area contributed by atoms with Gasteiger partial charge in [0.15, 0.2) is 0 Å². The predicted octanol–water partition coefficient (Wildman–Crippen LogP) is 4.91. The second kappa shape index (κ2) is 9.25. The maximum Gasteiger partial charge on any atom is 0.121 e. The summed E-state index contributed by atoms with van der Waals surface area (Å²) in [5.74, 6) is 1.60. The molecule has 0 aromatic heterocycles. The van der Waals surface area contributed by atoms with Crippen LogP contribution in [0.25, 0.3) is 0 Å². The quantitative estimate of drug-likeness (QED) is 0.699. The SMILES string of the molecule is CCNC(CC(CC)CC)C(C)Oc1cccc(Cl)c1. The fraction of sp³-hybridized carbons (Fsp3) is 0.647. The number of rotatable bonds is 9. The molecule has 0 heterocycles. The number of likely N-dealkylation sites (N-methyl/N-ethyl adjacent to an activating group) is 1. The molecule has 0 saturated carbocycles. The van der Waals surface area contributed by atoms with E-state index in [4.69, 9.17) is 16.3 Å². The normalized spacial score (nSPS) is 14.3. The van der Waals surface area contributed by atoms with Crippen molar-refractivity contribution in [3.8, 4) is 5.75 Å². The van der Waals surface area contributed by atoms with Crippen LogP contribution in [-0.2, 0) is 0 Å². The van der Waals surface area contributed by atoms with E-state index in [1.54, 1.807) is 0 Å². The highest BCUT2D eigenvalue weighted by molar-refractivity contribution is 6.30. The molecular formula is C17H28ClNO. The average Bonchev–Trinajstić information content (AvgIpc) is 2.43. The minimum Gasteiger partial charge on any atom is -0.489 e. The van der Waals surface area contributed by atoms with Crippen LogP contribution in [0.4, 0.5) is 0 Å². The van der Waals surface area contributed by atoms with Crippen LogP contribution >= 0.6 is 11.6 Å². The van der Waals surface area contributed by atoms with Crippen molar-refractivity contribution in [2.24, 2.45) is 5.92 Å². The molecule has 3 heteroatoms. The third-order valence-corrected chi connectivity index (χ3v) is 4.13. The zero-order chi connectivity index (χ0) is 15.0. The van der Waals surface area contributed by atoms with Gasteiger partial charge in [0.1, 0.15) is 11.9 Å². The Morgan fingerprint density at radius 3 is 2.45 bits per heavy atom. The minimum atomic E-state index is 0.133. The molecule has 0 saturated heterocycles. The summed E-state index contributed by atoms with van der Waals surface area (Å²) in [5.41, 5.74) is 0. The Bertz CT molecular complexity index is 379. The molecule has 1 N–H and O–H groups in total. The first-order valence-corrected chi connectivity index (χ1v) is 8.14. The molecule has 2 unspecified atom stereocenters. The van der Waals surface area contributed by atoms with Crippen LogP contribution in [0.3, 0.4) is 0 Å². The highest BCUT2D eigenvalue weighted by Gasteiger charge is 2.21. The van der Waals surface area contributed by atoms with Gasteiger partial charge in [-0.1, -0.05) is 51.3 Å². The lowest BCUT2D eigenvalue weighted by atomic mass is 9.92. The van der Waals surface area contributed by atoms with E-state index < -0.39 is 0 Å². The van der Waals surface area contributed by atoms with E-state index in [2.05, 4.69) is 33.0 Å². The Kier molecular flexibility index (Phi) is 8.01. The average molecular weight is 298 g/mol. The highest BCUT2D eigenvalue weighted by Crippen LogP contribution is 2.22. The van der Waals surface area contributed by atoms with E-state index in [9.17, 15) is 0 Å². The highest BCUT2D eigenvalue weighted by atomic mass is 35.5. The summed E-state index contributed by atoms with van der Waals surface area (Å²) >= 11 is 6.00. The maximum absolute atomic E-state index is 6.05. The molecule has 0 bridgehead atoms. The summed E-state index contributed by atoms with van der Waals surface area (Å²) in [6.45, 7) is 9.77. The molecule has 0 aliphatic rings. The third kappa shape index (κ3) is 5.72. The summed E-state index contributed by atoms with van der Waals surface area (Å²) in [6.07, 6.45) is 3.74. The van der Waals surface area contributed by atoms with Crippen LogP contribution in [0.2, 0.25) is 5.02 Å². The number of nitrogens with one attached hydrogen (secondary N) is 1. The predicted molar refractivity (Wildman–Crippen MR) is 87.7 cm³/mol. The van der Waals surface area contributed by atoms with Crippen molar-refractivity contribution in [2.75, 3.05) is 6.54 Å². The summed E-state index contributed by atoms with van der Waals surface area (Å²) in [6, 6.07) is 8.00. The molecule has 0 radical (unpaired) electrons. The fourth-order valence-electron chi connectivity index (χ4n) is 2.52. The van der Waals surface area contributed by atoms with Crippen molar-refractivity contribution in [3.05, 3.63) is 29.3 Å². The van der Waals surface area contributed by atoms with Gasteiger partial charge in [0, 0.05) is 11.1 Å². The Hall–Kier alpha value is -0.730. The van der Waals surface area contributed by atoms with Crippen molar-refractivity contribution < 1.29 is 4.74 Å². The van der Waals surface area contributed by atoms with E-state index >= 15 is 0 Å². The van der Waals surface area contributed by atoms with Crippen LogP contribution in [0.1, 0.15) is 47.0 Å². The van der Waals surface area contributed by atoms with Gasteiger partial charge in [-0.2, -0.15) is 0 Å². The number of ether oxygens (including phenoxy) is 1. The molecular weight excluding hydrogens is 270 g/mol. The van der Waals surface area contributed by atoms with E-state index in [-0.39, 0.29) is 6.10 Å². The maximum atomic E-state index is 6.05.